The van der Waals surface area contributed by atoms with Gasteiger partial charge in [0.15, 0.2) is 0 Å². The number of aromatic amines is 1. The summed E-state index contributed by atoms with van der Waals surface area (Å²) in [5, 5.41) is 0. The number of nitrogens with zero attached hydrogens (tertiary/aromatic N) is 1. The Labute approximate surface area is 99.7 Å². The molecule has 0 bridgehead atoms. The minimum absolute atomic E-state index is 0.225. The number of rotatable bonds is 2. The van der Waals surface area contributed by atoms with Crippen molar-refractivity contribution >= 4 is 5.97 Å². The fourth-order valence-electron chi connectivity index (χ4n) is 1.77. The van der Waals surface area contributed by atoms with Crippen molar-refractivity contribution in [2.75, 3.05) is 7.11 Å². The van der Waals surface area contributed by atoms with Crippen LogP contribution in [0.3, 0.4) is 0 Å². The average Bonchev–Trinajstić information content (AvgIpc) is 2.77. The summed E-state index contributed by atoms with van der Waals surface area (Å²) < 4.78 is 4.60. The molecule has 1 heterocycles. The lowest BCUT2D eigenvalue weighted by atomic mass is 10.0. The molecular formula is C13H14N2O2. The molecule has 0 aliphatic rings. The molecule has 2 aromatic rings. The predicted octanol–water partition coefficient (Wildman–Crippen LogP) is 2.48. The Morgan fingerprint density at radius 2 is 2.12 bits per heavy atom. The molecule has 0 aliphatic carbocycles. The number of hydrogen-bond donors (Lipinski definition) is 1. The van der Waals surface area contributed by atoms with Crippen LogP contribution in [-0.4, -0.2) is 23.0 Å². The van der Waals surface area contributed by atoms with E-state index in [0.717, 1.165) is 16.8 Å². The van der Waals surface area contributed by atoms with Crippen LogP contribution in [0.25, 0.3) is 11.3 Å². The summed E-state index contributed by atoms with van der Waals surface area (Å²) in [6, 6.07) is 6.13. The number of hydrogen-bond acceptors (Lipinski definition) is 3. The molecule has 4 nitrogen and oxygen atoms in total. The van der Waals surface area contributed by atoms with Gasteiger partial charge in [-0.25, -0.2) is 9.78 Å². The highest BCUT2D eigenvalue weighted by atomic mass is 16.5. The van der Waals surface area contributed by atoms with Crippen LogP contribution in [0.1, 0.15) is 21.7 Å². The van der Waals surface area contributed by atoms with Crippen LogP contribution in [-0.2, 0) is 4.74 Å². The van der Waals surface area contributed by atoms with E-state index >= 15 is 0 Å². The van der Waals surface area contributed by atoms with Gasteiger partial charge in [-0.15, -0.1) is 0 Å². The second-order valence-corrected chi connectivity index (χ2v) is 3.96. The molecule has 0 spiro atoms. The molecule has 1 aromatic carbocycles. The number of aryl methyl sites for hydroxylation is 2. The standard InChI is InChI=1S/C13H14N2O2/c1-8-4-5-10(9(2)6-8)11-7-14-12(15-11)13(16)17-3/h4-7H,1-3H3,(H,14,15). The molecule has 0 saturated heterocycles. The molecule has 0 amide bonds. The molecule has 0 radical (unpaired) electrons. The zero-order valence-corrected chi connectivity index (χ0v) is 10.1. The molecule has 17 heavy (non-hydrogen) atoms. The lowest BCUT2D eigenvalue weighted by Gasteiger charge is -2.03. The number of H-pyrrole nitrogens is 1. The van der Waals surface area contributed by atoms with E-state index in [1.165, 1.54) is 12.7 Å². The van der Waals surface area contributed by atoms with Crippen molar-refractivity contribution < 1.29 is 9.53 Å². The van der Waals surface area contributed by atoms with Gasteiger partial charge in [0, 0.05) is 5.56 Å². The average molecular weight is 230 g/mol. The molecular weight excluding hydrogens is 216 g/mol. The Bertz CT molecular complexity index is 558. The van der Waals surface area contributed by atoms with E-state index < -0.39 is 5.97 Å². The highest BCUT2D eigenvalue weighted by molar-refractivity contribution is 5.86. The number of methoxy groups -OCH3 is 1. The Balaban J connectivity index is 2.40. The number of aromatic nitrogens is 2. The topological polar surface area (TPSA) is 55.0 Å². The van der Waals surface area contributed by atoms with Crippen LogP contribution in [0, 0.1) is 13.8 Å². The van der Waals surface area contributed by atoms with Crippen LogP contribution >= 0.6 is 0 Å². The van der Waals surface area contributed by atoms with Crippen LogP contribution in [0.5, 0.6) is 0 Å². The van der Waals surface area contributed by atoms with Crippen LogP contribution in [0.15, 0.2) is 24.4 Å². The van der Waals surface area contributed by atoms with Gasteiger partial charge in [-0.2, -0.15) is 0 Å². The van der Waals surface area contributed by atoms with Gasteiger partial charge in [0.05, 0.1) is 19.0 Å². The summed E-state index contributed by atoms with van der Waals surface area (Å²) in [5.74, 6) is -0.233. The van der Waals surface area contributed by atoms with Crippen LogP contribution in [0.4, 0.5) is 0 Å². The maximum atomic E-state index is 11.3. The van der Waals surface area contributed by atoms with E-state index in [-0.39, 0.29) is 5.82 Å². The molecule has 0 aliphatic heterocycles. The van der Waals surface area contributed by atoms with Gasteiger partial charge in [0.1, 0.15) is 0 Å². The van der Waals surface area contributed by atoms with Crippen molar-refractivity contribution in [1.82, 2.24) is 9.97 Å². The van der Waals surface area contributed by atoms with E-state index in [1.807, 2.05) is 26.0 Å². The maximum absolute atomic E-state index is 11.3. The lowest BCUT2D eigenvalue weighted by Crippen LogP contribution is -2.03. The normalized spacial score (nSPS) is 10.3. The molecule has 2 rings (SSSR count). The molecule has 88 valence electrons. The molecule has 1 aromatic heterocycles. The molecule has 0 fully saturated rings. The van der Waals surface area contributed by atoms with Gasteiger partial charge in [0.2, 0.25) is 5.82 Å². The molecule has 0 unspecified atom stereocenters. The Kier molecular flexibility index (Phi) is 2.95. The van der Waals surface area contributed by atoms with Crippen molar-refractivity contribution in [3.63, 3.8) is 0 Å². The third-order valence-electron chi connectivity index (χ3n) is 2.63. The van der Waals surface area contributed by atoms with Crippen molar-refractivity contribution in [3.05, 3.63) is 41.3 Å². The lowest BCUT2D eigenvalue weighted by molar-refractivity contribution is 0.0588. The first-order valence-electron chi connectivity index (χ1n) is 5.33. The van der Waals surface area contributed by atoms with E-state index in [0.29, 0.717) is 0 Å². The number of nitrogens with one attached hydrogen (secondary N) is 1. The third kappa shape index (κ3) is 2.20. The second kappa shape index (κ2) is 4.41. The van der Waals surface area contributed by atoms with Crippen LogP contribution < -0.4 is 0 Å². The summed E-state index contributed by atoms with van der Waals surface area (Å²) in [5.41, 5.74) is 4.21. The highest BCUT2D eigenvalue weighted by Crippen LogP contribution is 2.22. The molecule has 0 atom stereocenters. The maximum Gasteiger partial charge on any atom is 0.374 e. The zero-order chi connectivity index (χ0) is 12.4. The van der Waals surface area contributed by atoms with E-state index in [2.05, 4.69) is 20.8 Å². The predicted molar refractivity (Wildman–Crippen MR) is 64.8 cm³/mol. The number of esters is 1. The number of carbonyl (C=O) groups is 1. The van der Waals surface area contributed by atoms with Crippen LogP contribution in [0.2, 0.25) is 0 Å². The Morgan fingerprint density at radius 3 is 2.76 bits per heavy atom. The second-order valence-electron chi connectivity index (χ2n) is 3.96. The van der Waals surface area contributed by atoms with Gasteiger partial charge in [-0.3, -0.25) is 0 Å². The number of benzene rings is 1. The molecule has 1 N–H and O–H groups in total. The minimum atomic E-state index is -0.457. The van der Waals surface area contributed by atoms with Gasteiger partial charge >= 0.3 is 5.97 Å². The smallest absolute Gasteiger partial charge is 0.374 e. The minimum Gasteiger partial charge on any atom is -0.463 e. The monoisotopic (exact) mass is 230 g/mol. The quantitative estimate of drug-likeness (QED) is 0.806. The van der Waals surface area contributed by atoms with Crippen molar-refractivity contribution in [1.29, 1.82) is 0 Å². The number of ether oxygens (including phenoxy) is 1. The first-order chi connectivity index (χ1) is 8.11. The van der Waals surface area contributed by atoms with Gasteiger partial charge in [-0.05, 0) is 19.4 Å². The fraction of sp³-hybridized carbons (Fsp3) is 0.231. The summed E-state index contributed by atoms with van der Waals surface area (Å²) in [6.07, 6.45) is 1.64. The van der Waals surface area contributed by atoms with Gasteiger partial charge < -0.3 is 9.72 Å². The van der Waals surface area contributed by atoms with Gasteiger partial charge in [-0.1, -0.05) is 23.8 Å². The third-order valence-corrected chi connectivity index (χ3v) is 2.63. The van der Waals surface area contributed by atoms with Crippen molar-refractivity contribution in [3.8, 4) is 11.3 Å². The first-order valence-corrected chi connectivity index (χ1v) is 5.33. The van der Waals surface area contributed by atoms with Crippen molar-refractivity contribution in [2.45, 2.75) is 13.8 Å². The summed E-state index contributed by atoms with van der Waals surface area (Å²) >= 11 is 0. The Morgan fingerprint density at radius 1 is 1.35 bits per heavy atom. The van der Waals surface area contributed by atoms with E-state index in [1.54, 1.807) is 6.20 Å². The number of imidazole rings is 1. The zero-order valence-electron chi connectivity index (χ0n) is 10.1. The summed E-state index contributed by atoms with van der Waals surface area (Å²) in [7, 11) is 1.33. The summed E-state index contributed by atoms with van der Waals surface area (Å²) in [6.45, 7) is 4.07. The fourth-order valence-corrected chi connectivity index (χ4v) is 1.77. The highest BCUT2D eigenvalue weighted by Gasteiger charge is 2.11. The van der Waals surface area contributed by atoms with E-state index in [4.69, 9.17) is 0 Å². The van der Waals surface area contributed by atoms with E-state index in [9.17, 15) is 4.79 Å². The Hall–Kier alpha value is -2.10. The molecule has 4 heteroatoms. The summed E-state index contributed by atoms with van der Waals surface area (Å²) in [4.78, 5) is 18.2. The number of carbonyl (C=O) groups excluding carboxylic acids is 1. The van der Waals surface area contributed by atoms with Crippen molar-refractivity contribution in [2.24, 2.45) is 0 Å². The molecule has 0 saturated carbocycles. The SMILES string of the molecule is COC(=O)c1ncc(-c2ccc(C)cc2C)[nH]1. The first kappa shape index (κ1) is 11.4. The largest absolute Gasteiger partial charge is 0.463 e. The van der Waals surface area contributed by atoms with Gasteiger partial charge in [0.25, 0.3) is 0 Å².